The SMILES string of the molecule is CC/C=C/C=C/C=C\C=C/C=C/CCCCCC(=O)OC1CCC2(C)C(=CCC3C2CCC2(C)C(C(C)CCC(CC)C(C)C)CCC32)C1. The molecule has 2 heteroatoms. The first-order valence-electron chi connectivity index (χ1n) is 20.8. The van der Waals surface area contributed by atoms with Crippen molar-refractivity contribution < 1.29 is 9.53 Å². The van der Waals surface area contributed by atoms with Crippen molar-refractivity contribution in [1.82, 2.24) is 0 Å². The van der Waals surface area contributed by atoms with Gasteiger partial charge in [0.2, 0.25) is 0 Å². The molecule has 0 aromatic carbocycles. The van der Waals surface area contributed by atoms with E-state index in [4.69, 9.17) is 4.74 Å². The molecular weight excluding hydrogens is 597 g/mol. The summed E-state index contributed by atoms with van der Waals surface area (Å²) in [7, 11) is 0. The number of ether oxygens (including phenoxy) is 1. The molecule has 4 aliphatic rings. The summed E-state index contributed by atoms with van der Waals surface area (Å²) in [4.78, 5) is 12.8. The Balaban J connectivity index is 1.18. The lowest BCUT2D eigenvalue weighted by Gasteiger charge is -2.58. The fourth-order valence-corrected chi connectivity index (χ4v) is 11.1. The van der Waals surface area contributed by atoms with Crippen LogP contribution in [0.5, 0.6) is 0 Å². The van der Waals surface area contributed by atoms with Crippen molar-refractivity contribution >= 4 is 5.97 Å². The zero-order valence-corrected chi connectivity index (χ0v) is 32.8. The first-order chi connectivity index (χ1) is 23.6. The number of carbonyl (C=O) groups excluding carboxylic acids is 1. The predicted molar refractivity (Wildman–Crippen MR) is 211 cm³/mol. The molecule has 274 valence electrons. The van der Waals surface area contributed by atoms with Crippen molar-refractivity contribution in [3.05, 3.63) is 72.4 Å². The monoisotopic (exact) mass is 671 g/mol. The van der Waals surface area contributed by atoms with Gasteiger partial charge >= 0.3 is 5.97 Å². The van der Waals surface area contributed by atoms with Crippen LogP contribution in [0.4, 0.5) is 0 Å². The molecule has 0 amide bonds. The van der Waals surface area contributed by atoms with E-state index in [0.29, 0.717) is 17.3 Å². The van der Waals surface area contributed by atoms with Crippen LogP contribution in [-0.2, 0) is 9.53 Å². The molecule has 0 N–H and O–H groups in total. The first-order valence-corrected chi connectivity index (χ1v) is 20.8. The van der Waals surface area contributed by atoms with Gasteiger partial charge in [-0.15, -0.1) is 0 Å². The highest BCUT2D eigenvalue weighted by Gasteiger charge is 2.59. The number of esters is 1. The number of rotatable bonds is 18. The van der Waals surface area contributed by atoms with E-state index in [2.05, 4.69) is 97.1 Å². The minimum atomic E-state index is 0.0191. The fourth-order valence-electron chi connectivity index (χ4n) is 11.1. The molecule has 9 unspecified atom stereocenters. The van der Waals surface area contributed by atoms with Crippen LogP contribution in [0.25, 0.3) is 0 Å². The van der Waals surface area contributed by atoms with Crippen LogP contribution in [0.3, 0.4) is 0 Å². The average Bonchev–Trinajstić information content (AvgIpc) is 3.44. The van der Waals surface area contributed by atoms with Gasteiger partial charge in [0.15, 0.2) is 0 Å². The number of fused-ring (bicyclic) bond motifs is 5. The molecule has 0 radical (unpaired) electrons. The summed E-state index contributed by atoms with van der Waals surface area (Å²) in [6, 6.07) is 0. The maximum absolute atomic E-state index is 12.8. The van der Waals surface area contributed by atoms with Gasteiger partial charge in [-0.25, -0.2) is 0 Å². The van der Waals surface area contributed by atoms with Gasteiger partial charge in [0, 0.05) is 12.8 Å². The van der Waals surface area contributed by atoms with Gasteiger partial charge < -0.3 is 4.74 Å². The molecule has 3 saturated carbocycles. The van der Waals surface area contributed by atoms with Gasteiger partial charge in [-0.2, -0.15) is 0 Å². The normalized spacial score (nSPS) is 33.1. The van der Waals surface area contributed by atoms with E-state index in [0.717, 1.165) is 86.4 Å². The largest absolute Gasteiger partial charge is 0.462 e. The van der Waals surface area contributed by atoms with Crippen LogP contribution < -0.4 is 0 Å². The summed E-state index contributed by atoms with van der Waals surface area (Å²) in [5.41, 5.74) is 2.47. The highest BCUT2D eigenvalue weighted by atomic mass is 16.5. The second kappa shape index (κ2) is 19.5. The van der Waals surface area contributed by atoms with E-state index >= 15 is 0 Å². The Kier molecular flexibility index (Phi) is 15.8. The molecule has 0 aromatic heterocycles. The highest BCUT2D eigenvalue weighted by molar-refractivity contribution is 5.69. The Bertz CT molecular complexity index is 1200. The van der Waals surface area contributed by atoms with Crippen molar-refractivity contribution in [3.63, 3.8) is 0 Å². The summed E-state index contributed by atoms with van der Waals surface area (Å²) < 4.78 is 6.11. The second-order valence-electron chi connectivity index (χ2n) is 17.3. The second-order valence-corrected chi connectivity index (χ2v) is 17.3. The summed E-state index contributed by atoms with van der Waals surface area (Å²) in [6.45, 7) is 17.3. The third kappa shape index (κ3) is 10.5. The van der Waals surface area contributed by atoms with E-state index in [9.17, 15) is 4.79 Å². The van der Waals surface area contributed by atoms with Gasteiger partial charge in [-0.3, -0.25) is 4.79 Å². The summed E-state index contributed by atoms with van der Waals surface area (Å²) >= 11 is 0. The lowest BCUT2D eigenvalue weighted by Crippen LogP contribution is -2.51. The Morgan fingerprint density at radius 3 is 2.24 bits per heavy atom. The molecule has 0 bridgehead atoms. The molecule has 0 spiro atoms. The Morgan fingerprint density at radius 1 is 0.837 bits per heavy atom. The van der Waals surface area contributed by atoms with E-state index in [-0.39, 0.29) is 12.1 Å². The minimum Gasteiger partial charge on any atom is -0.462 e. The van der Waals surface area contributed by atoms with Crippen LogP contribution >= 0.6 is 0 Å². The number of hydrogen-bond donors (Lipinski definition) is 0. The standard InChI is InChI=1S/C47H74O2/c1-8-10-11-12-13-14-15-16-17-18-19-20-21-22-23-24-45(48)49-40-31-33-46(6)39(35-40)27-28-41-43-30-29-42(47(43,7)34-32-44(41)46)37(5)25-26-38(9-2)36(3)4/h10-19,27,36-38,40-44H,8-9,20-26,28-35H2,1-7H3/b11-10+,13-12+,15-14-,17-16-,19-18+. The molecule has 9 atom stereocenters. The Morgan fingerprint density at radius 2 is 1.55 bits per heavy atom. The van der Waals surface area contributed by atoms with Gasteiger partial charge in [0.25, 0.3) is 0 Å². The number of carbonyl (C=O) groups is 1. The fraction of sp³-hybridized carbons (Fsp3) is 0.723. The maximum atomic E-state index is 12.8. The quantitative estimate of drug-likeness (QED) is 0.0628. The molecule has 4 rings (SSSR count). The Labute approximate surface area is 303 Å². The third-order valence-corrected chi connectivity index (χ3v) is 14.1. The average molecular weight is 671 g/mol. The smallest absolute Gasteiger partial charge is 0.306 e. The maximum Gasteiger partial charge on any atom is 0.306 e. The molecule has 0 aliphatic heterocycles. The van der Waals surface area contributed by atoms with Crippen molar-refractivity contribution in [2.75, 3.05) is 0 Å². The lowest BCUT2D eigenvalue weighted by atomic mass is 9.47. The summed E-state index contributed by atoms with van der Waals surface area (Å²) in [6.07, 6.45) is 43.8. The van der Waals surface area contributed by atoms with Crippen molar-refractivity contribution in [3.8, 4) is 0 Å². The number of allylic oxidation sites excluding steroid dienone is 11. The first kappa shape index (κ1) is 39.7. The highest BCUT2D eigenvalue weighted by Crippen LogP contribution is 2.67. The zero-order valence-electron chi connectivity index (χ0n) is 32.8. The van der Waals surface area contributed by atoms with E-state index in [1.165, 1.54) is 57.8 Å². The third-order valence-electron chi connectivity index (χ3n) is 14.1. The molecule has 0 heterocycles. The molecule has 4 aliphatic carbocycles. The van der Waals surface area contributed by atoms with Gasteiger partial charge in [-0.1, -0.05) is 140 Å². The predicted octanol–water partition coefficient (Wildman–Crippen LogP) is 13.7. The molecule has 0 saturated heterocycles. The molecular formula is C47H74O2. The van der Waals surface area contributed by atoms with Gasteiger partial charge in [0.1, 0.15) is 6.10 Å². The molecule has 49 heavy (non-hydrogen) atoms. The van der Waals surface area contributed by atoms with Crippen molar-refractivity contribution in [2.24, 2.45) is 52.3 Å². The topological polar surface area (TPSA) is 26.3 Å². The zero-order chi connectivity index (χ0) is 35.3. The van der Waals surface area contributed by atoms with Gasteiger partial charge in [0.05, 0.1) is 0 Å². The van der Waals surface area contributed by atoms with Crippen LogP contribution in [0.15, 0.2) is 72.4 Å². The van der Waals surface area contributed by atoms with Crippen LogP contribution in [-0.4, -0.2) is 12.1 Å². The van der Waals surface area contributed by atoms with Crippen LogP contribution in [0.2, 0.25) is 0 Å². The minimum absolute atomic E-state index is 0.0191. The summed E-state index contributed by atoms with van der Waals surface area (Å²) in [5, 5.41) is 0. The Hall–Kier alpha value is -2.09. The number of hydrogen-bond acceptors (Lipinski definition) is 2. The lowest BCUT2D eigenvalue weighted by molar-refractivity contribution is -0.151. The van der Waals surface area contributed by atoms with E-state index < -0.39 is 0 Å². The summed E-state index contributed by atoms with van der Waals surface area (Å²) in [5.74, 6) is 6.05. The van der Waals surface area contributed by atoms with E-state index in [1.807, 2.05) is 18.2 Å². The molecule has 3 fully saturated rings. The number of unbranched alkanes of at least 4 members (excludes halogenated alkanes) is 3. The van der Waals surface area contributed by atoms with Crippen LogP contribution in [0, 0.1) is 52.3 Å². The van der Waals surface area contributed by atoms with Crippen LogP contribution in [0.1, 0.15) is 158 Å². The van der Waals surface area contributed by atoms with Crippen molar-refractivity contribution in [1.29, 1.82) is 0 Å². The van der Waals surface area contributed by atoms with E-state index in [1.54, 1.807) is 5.57 Å². The van der Waals surface area contributed by atoms with Crippen molar-refractivity contribution in [2.45, 2.75) is 164 Å². The van der Waals surface area contributed by atoms with Gasteiger partial charge in [-0.05, 0) is 129 Å². The molecule has 0 aromatic rings. The molecule has 2 nitrogen and oxygen atoms in total.